The molecule has 0 radical (unpaired) electrons. The summed E-state index contributed by atoms with van der Waals surface area (Å²) < 4.78 is 10.8. The quantitative estimate of drug-likeness (QED) is 0.824. The summed E-state index contributed by atoms with van der Waals surface area (Å²) in [5.41, 5.74) is 1.64. The van der Waals surface area contributed by atoms with Crippen molar-refractivity contribution in [3.8, 4) is 11.5 Å². The van der Waals surface area contributed by atoms with E-state index >= 15 is 0 Å². The number of benzene rings is 2. The second-order valence-corrected chi connectivity index (χ2v) is 5.52. The molecule has 2 N–H and O–H groups in total. The van der Waals surface area contributed by atoms with Crippen molar-refractivity contribution in [2.45, 2.75) is 19.1 Å². The minimum absolute atomic E-state index is 0.0600. The first-order chi connectivity index (χ1) is 11.1. The zero-order chi connectivity index (χ0) is 16.2. The predicted molar refractivity (Wildman–Crippen MR) is 88.2 cm³/mol. The van der Waals surface area contributed by atoms with Gasteiger partial charge in [-0.1, -0.05) is 36.4 Å². The highest BCUT2D eigenvalue weighted by molar-refractivity contribution is 7.80. The van der Waals surface area contributed by atoms with E-state index in [4.69, 9.17) is 21.7 Å². The summed E-state index contributed by atoms with van der Waals surface area (Å²) in [4.78, 5) is 11.6. The molecule has 0 aliphatic carbocycles. The molecule has 0 bridgehead atoms. The van der Waals surface area contributed by atoms with Gasteiger partial charge < -0.3 is 14.6 Å². The summed E-state index contributed by atoms with van der Waals surface area (Å²) in [6.07, 6.45) is -0.457. The Bertz CT molecular complexity index is 733. The molecule has 1 saturated heterocycles. The van der Waals surface area contributed by atoms with Crippen LogP contribution in [0.3, 0.4) is 0 Å². The van der Waals surface area contributed by atoms with Gasteiger partial charge in [0.2, 0.25) is 0 Å². The van der Waals surface area contributed by atoms with Gasteiger partial charge in [-0.15, -0.1) is 0 Å². The summed E-state index contributed by atoms with van der Waals surface area (Å²) >= 11 is 4.79. The van der Waals surface area contributed by atoms with E-state index in [1.54, 1.807) is 12.1 Å². The van der Waals surface area contributed by atoms with E-state index in [9.17, 15) is 9.90 Å². The normalized spacial score (nSPS) is 16.8. The number of nitrogens with one attached hydrogen (secondary N) is 1. The number of hydrogen-bond acceptors (Lipinski definition) is 5. The molecule has 0 aromatic heterocycles. The molecule has 3 rings (SSSR count). The Labute approximate surface area is 138 Å². The van der Waals surface area contributed by atoms with Gasteiger partial charge in [-0.3, -0.25) is 10.1 Å². The van der Waals surface area contributed by atoms with Crippen LogP contribution in [0, 0.1) is 0 Å². The molecule has 0 saturated carbocycles. The standard InChI is InChI=1S/C17H15NO4S/c19-14-9-13(21-10-11-4-2-1-3-5-11)7-6-12(14)8-15-16(20)18-17(23)22-15/h1-7,9,15,19H,8,10H2,(H,18,20,23). The van der Waals surface area contributed by atoms with Crippen molar-refractivity contribution in [3.63, 3.8) is 0 Å². The number of carbonyl (C=O) groups is 1. The average molecular weight is 329 g/mol. The van der Waals surface area contributed by atoms with Crippen molar-refractivity contribution < 1.29 is 19.4 Å². The lowest BCUT2D eigenvalue weighted by Crippen LogP contribution is -2.25. The van der Waals surface area contributed by atoms with Crippen molar-refractivity contribution in [1.29, 1.82) is 0 Å². The number of hydrogen-bond donors (Lipinski definition) is 2. The summed E-state index contributed by atoms with van der Waals surface area (Å²) in [7, 11) is 0. The van der Waals surface area contributed by atoms with E-state index in [2.05, 4.69) is 5.32 Å². The Morgan fingerprint density at radius 3 is 2.65 bits per heavy atom. The Morgan fingerprint density at radius 1 is 1.22 bits per heavy atom. The highest BCUT2D eigenvalue weighted by Crippen LogP contribution is 2.26. The highest BCUT2D eigenvalue weighted by atomic mass is 32.1. The fraction of sp³-hybridized carbons (Fsp3) is 0.176. The molecule has 23 heavy (non-hydrogen) atoms. The van der Waals surface area contributed by atoms with Crippen LogP contribution in [0.4, 0.5) is 0 Å². The third-order valence-electron chi connectivity index (χ3n) is 3.48. The minimum atomic E-state index is -0.704. The number of phenols is 1. The van der Waals surface area contributed by atoms with Crippen LogP contribution in [0.25, 0.3) is 0 Å². The van der Waals surface area contributed by atoms with Gasteiger partial charge in [0.1, 0.15) is 18.1 Å². The zero-order valence-electron chi connectivity index (χ0n) is 12.2. The highest BCUT2D eigenvalue weighted by Gasteiger charge is 2.30. The van der Waals surface area contributed by atoms with Crippen molar-refractivity contribution in [3.05, 3.63) is 59.7 Å². The van der Waals surface area contributed by atoms with Crippen LogP contribution in [-0.4, -0.2) is 22.3 Å². The number of amides is 1. The molecular formula is C17H15NO4S. The van der Waals surface area contributed by atoms with Crippen LogP contribution in [0.5, 0.6) is 11.5 Å². The smallest absolute Gasteiger partial charge is 0.268 e. The first-order valence-corrected chi connectivity index (χ1v) is 7.53. The van der Waals surface area contributed by atoms with Crippen molar-refractivity contribution in [2.24, 2.45) is 0 Å². The third-order valence-corrected chi connectivity index (χ3v) is 3.68. The molecule has 5 nitrogen and oxygen atoms in total. The number of carbonyl (C=O) groups excluding carboxylic acids is 1. The molecule has 1 amide bonds. The van der Waals surface area contributed by atoms with Crippen LogP contribution < -0.4 is 10.1 Å². The lowest BCUT2D eigenvalue weighted by molar-refractivity contribution is -0.123. The topological polar surface area (TPSA) is 67.8 Å². The van der Waals surface area contributed by atoms with E-state index in [-0.39, 0.29) is 23.3 Å². The number of phenolic OH excluding ortho intramolecular Hbond substituents is 1. The summed E-state index contributed by atoms with van der Waals surface area (Å²) in [5, 5.41) is 12.6. The molecule has 1 heterocycles. The van der Waals surface area contributed by atoms with E-state index in [0.29, 0.717) is 17.9 Å². The van der Waals surface area contributed by atoms with Crippen LogP contribution >= 0.6 is 12.2 Å². The van der Waals surface area contributed by atoms with Crippen molar-refractivity contribution in [1.82, 2.24) is 5.32 Å². The van der Waals surface area contributed by atoms with E-state index in [0.717, 1.165) is 5.56 Å². The first kappa shape index (κ1) is 15.3. The maximum atomic E-state index is 11.6. The molecule has 0 spiro atoms. The zero-order valence-corrected chi connectivity index (χ0v) is 13.0. The van der Waals surface area contributed by atoms with Gasteiger partial charge in [-0.05, 0) is 29.4 Å². The predicted octanol–water partition coefficient (Wildman–Crippen LogP) is 2.31. The molecule has 1 aliphatic rings. The van der Waals surface area contributed by atoms with Crippen LogP contribution in [0.15, 0.2) is 48.5 Å². The lowest BCUT2D eigenvalue weighted by atomic mass is 10.1. The third kappa shape index (κ3) is 3.78. The van der Waals surface area contributed by atoms with Gasteiger partial charge in [0.15, 0.2) is 6.10 Å². The molecular weight excluding hydrogens is 314 g/mol. The number of aromatic hydroxyl groups is 1. The molecule has 6 heteroatoms. The summed E-state index contributed by atoms with van der Waals surface area (Å²) in [6, 6.07) is 14.8. The van der Waals surface area contributed by atoms with Crippen molar-refractivity contribution in [2.75, 3.05) is 0 Å². The van der Waals surface area contributed by atoms with Gasteiger partial charge in [0.25, 0.3) is 11.1 Å². The Morgan fingerprint density at radius 2 is 2.00 bits per heavy atom. The molecule has 1 atom stereocenters. The maximum absolute atomic E-state index is 11.6. The number of thiocarbonyl (C=S) groups is 1. The first-order valence-electron chi connectivity index (χ1n) is 7.12. The molecule has 1 fully saturated rings. The van der Waals surface area contributed by atoms with Gasteiger partial charge in [-0.2, -0.15) is 0 Å². The number of rotatable bonds is 5. The van der Waals surface area contributed by atoms with Gasteiger partial charge >= 0.3 is 0 Å². The van der Waals surface area contributed by atoms with Gasteiger partial charge in [0.05, 0.1) is 0 Å². The minimum Gasteiger partial charge on any atom is -0.508 e. The Kier molecular flexibility index (Phi) is 4.43. The fourth-order valence-corrected chi connectivity index (χ4v) is 2.49. The Hall–Kier alpha value is -2.60. The maximum Gasteiger partial charge on any atom is 0.268 e. The summed E-state index contributed by atoms with van der Waals surface area (Å²) in [5.74, 6) is 0.325. The SMILES string of the molecule is O=C1NC(=S)OC1Cc1ccc(OCc2ccccc2)cc1O. The molecule has 1 unspecified atom stereocenters. The molecule has 2 aromatic rings. The molecule has 1 aliphatic heterocycles. The van der Waals surface area contributed by atoms with Gasteiger partial charge in [0, 0.05) is 12.5 Å². The monoisotopic (exact) mass is 329 g/mol. The summed E-state index contributed by atoms with van der Waals surface area (Å²) in [6.45, 7) is 0.419. The second kappa shape index (κ2) is 6.66. The molecule has 2 aromatic carbocycles. The average Bonchev–Trinajstić information content (AvgIpc) is 2.86. The largest absolute Gasteiger partial charge is 0.508 e. The fourth-order valence-electron chi connectivity index (χ4n) is 2.27. The lowest BCUT2D eigenvalue weighted by Gasteiger charge is -2.11. The van der Waals surface area contributed by atoms with Crippen molar-refractivity contribution >= 4 is 23.3 Å². The number of ether oxygens (including phenoxy) is 2. The second-order valence-electron chi connectivity index (χ2n) is 5.15. The van der Waals surface area contributed by atoms with Crippen LogP contribution in [-0.2, 0) is 22.6 Å². The van der Waals surface area contributed by atoms with Gasteiger partial charge in [-0.25, -0.2) is 0 Å². The van der Waals surface area contributed by atoms with Crippen LogP contribution in [0.1, 0.15) is 11.1 Å². The van der Waals surface area contributed by atoms with E-state index in [1.165, 1.54) is 6.07 Å². The molecule has 118 valence electrons. The Balaban J connectivity index is 1.64. The van der Waals surface area contributed by atoms with E-state index < -0.39 is 6.10 Å². The van der Waals surface area contributed by atoms with Crippen LogP contribution in [0.2, 0.25) is 0 Å². The van der Waals surface area contributed by atoms with E-state index in [1.807, 2.05) is 30.3 Å².